The maximum Gasteiger partial charge on any atom is 0.135 e. The Morgan fingerprint density at radius 1 is 0.259 bits per heavy atom. The van der Waals surface area contributed by atoms with Gasteiger partial charge in [-0.1, -0.05) is 152 Å². The quantitative estimate of drug-likeness (QED) is 0.166. The summed E-state index contributed by atoms with van der Waals surface area (Å²) in [6.07, 6.45) is 0. The summed E-state index contributed by atoms with van der Waals surface area (Å²) in [4.78, 5) is 2.35. The van der Waals surface area contributed by atoms with Gasteiger partial charge in [-0.3, -0.25) is 0 Å². The van der Waals surface area contributed by atoms with Crippen molar-refractivity contribution in [2.24, 2.45) is 0 Å². The van der Waals surface area contributed by atoms with Gasteiger partial charge in [-0.2, -0.15) is 0 Å². The van der Waals surface area contributed by atoms with Crippen LogP contribution in [0.4, 0.5) is 17.1 Å². The van der Waals surface area contributed by atoms with Gasteiger partial charge in [-0.15, -0.1) is 0 Å². The van der Waals surface area contributed by atoms with E-state index >= 15 is 0 Å². The molecule has 0 fully saturated rings. The zero-order chi connectivity index (χ0) is 35.8. The van der Waals surface area contributed by atoms with Crippen molar-refractivity contribution in [2.75, 3.05) is 4.90 Å². The summed E-state index contributed by atoms with van der Waals surface area (Å²) in [5.74, 6) is 0. The predicted octanol–water partition coefficient (Wildman–Crippen LogP) is 14.9. The summed E-state index contributed by atoms with van der Waals surface area (Å²) in [5, 5.41) is 4.75. The van der Waals surface area contributed by atoms with Gasteiger partial charge in [0.2, 0.25) is 0 Å². The van der Waals surface area contributed by atoms with E-state index in [0.29, 0.717) is 0 Å². The molecule has 0 atom stereocenters. The van der Waals surface area contributed by atoms with Gasteiger partial charge in [-0.25, -0.2) is 0 Å². The van der Waals surface area contributed by atoms with Gasteiger partial charge in [-0.05, 0) is 116 Å². The zero-order valence-corrected chi connectivity index (χ0v) is 29.6. The van der Waals surface area contributed by atoms with Gasteiger partial charge < -0.3 is 9.32 Å². The number of furan rings is 1. The minimum atomic E-state index is 0.907. The maximum atomic E-state index is 6.11. The van der Waals surface area contributed by atoms with Crippen LogP contribution in [0.25, 0.3) is 77.2 Å². The molecule has 54 heavy (non-hydrogen) atoms. The Balaban J connectivity index is 1.02. The summed E-state index contributed by atoms with van der Waals surface area (Å²) >= 11 is 0. The van der Waals surface area contributed by atoms with Crippen molar-refractivity contribution in [1.29, 1.82) is 0 Å². The van der Waals surface area contributed by atoms with E-state index in [1.54, 1.807) is 0 Å². The molecule has 2 nitrogen and oxygen atoms in total. The topological polar surface area (TPSA) is 16.4 Å². The number of anilines is 3. The first-order chi connectivity index (χ1) is 26.7. The standard InChI is InChI=1S/C52H35NO/c1-2-9-36(10-3-1)38-17-19-39(20-18-38)40-23-28-46(29-24-40)53(48-14-8-13-43(34-48)44-22-21-37-11-4-5-12-42(37)33-44)47-30-25-41(26-31-47)45-27-32-52-50(35-45)49-15-6-7-16-51(49)54-52/h1-35H. The number of para-hydroxylation sites is 1. The molecule has 0 bridgehead atoms. The fourth-order valence-corrected chi connectivity index (χ4v) is 7.64. The number of benzene rings is 9. The Kier molecular flexibility index (Phi) is 7.85. The lowest BCUT2D eigenvalue weighted by atomic mass is 9.99. The minimum absolute atomic E-state index is 0.907. The normalized spacial score (nSPS) is 11.3. The molecule has 0 aliphatic heterocycles. The van der Waals surface area contributed by atoms with Crippen molar-refractivity contribution in [1.82, 2.24) is 0 Å². The molecule has 0 unspecified atom stereocenters. The smallest absolute Gasteiger partial charge is 0.135 e. The van der Waals surface area contributed by atoms with Crippen molar-refractivity contribution >= 4 is 49.8 Å². The van der Waals surface area contributed by atoms with Crippen LogP contribution in [0.5, 0.6) is 0 Å². The van der Waals surface area contributed by atoms with Crippen molar-refractivity contribution in [2.45, 2.75) is 0 Å². The summed E-state index contributed by atoms with van der Waals surface area (Å²) in [7, 11) is 0. The first-order valence-electron chi connectivity index (χ1n) is 18.4. The van der Waals surface area contributed by atoms with Crippen LogP contribution in [0.2, 0.25) is 0 Å². The number of rotatable bonds is 7. The van der Waals surface area contributed by atoms with Crippen molar-refractivity contribution in [3.63, 3.8) is 0 Å². The third-order valence-electron chi connectivity index (χ3n) is 10.5. The van der Waals surface area contributed by atoms with Crippen LogP contribution in [0.15, 0.2) is 217 Å². The Bertz CT molecular complexity index is 2900. The summed E-state index contributed by atoms with van der Waals surface area (Å²) in [6.45, 7) is 0. The Morgan fingerprint density at radius 2 is 0.741 bits per heavy atom. The largest absolute Gasteiger partial charge is 0.456 e. The fraction of sp³-hybridized carbons (Fsp3) is 0. The molecule has 0 amide bonds. The van der Waals surface area contributed by atoms with E-state index in [9.17, 15) is 0 Å². The molecule has 0 aliphatic carbocycles. The van der Waals surface area contributed by atoms with Crippen molar-refractivity contribution < 1.29 is 4.42 Å². The van der Waals surface area contributed by atoms with Crippen LogP contribution in [0, 0.1) is 0 Å². The molecular formula is C52H35NO. The fourth-order valence-electron chi connectivity index (χ4n) is 7.64. The lowest BCUT2D eigenvalue weighted by Crippen LogP contribution is -2.10. The molecule has 10 aromatic rings. The molecule has 0 radical (unpaired) electrons. The number of nitrogens with zero attached hydrogens (tertiary/aromatic N) is 1. The Hall–Kier alpha value is -7.16. The lowest BCUT2D eigenvalue weighted by Gasteiger charge is -2.26. The molecule has 0 saturated heterocycles. The second-order valence-electron chi connectivity index (χ2n) is 13.8. The van der Waals surface area contributed by atoms with E-state index in [4.69, 9.17) is 4.42 Å². The van der Waals surface area contributed by atoms with E-state index < -0.39 is 0 Å². The SMILES string of the molecule is c1ccc(-c2ccc(-c3ccc(N(c4ccc(-c5ccc6oc7ccccc7c6c5)cc4)c4cccc(-c5ccc6ccccc6c5)c4)cc3)cc2)cc1. The molecule has 0 N–H and O–H groups in total. The molecule has 0 spiro atoms. The van der Waals surface area contributed by atoms with E-state index in [-0.39, 0.29) is 0 Å². The Morgan fingerprint density at radius 3 is 1.46 bits per heavy atom. The van der Waals surface area contributed by atoms with Crippen LogP contribution in [-0.4, -0.2) is 0 Å². The van der Waals surface area contributed by atoms with E-state index in [2.05, 4.69) is 205 Å². The average molecular weight is 690 g/mol. The first kappa shape index (κ1) is 31.6. The highest BCUT2D eigenvalue weighted by atomic mass is 16.3. The zero-order valence-electron chi connectivity index (χ0n) is 29.6. The van der Waals surface area contributed by atoms with Gasteiger partial charge >= 0.3 is 0 Å². The molecule has 2 heteroatoms. The van der Waals surface area contributed by atoms with Crippen molar-refractivity contribution in [3.8, 4) is 44.5 Å². The van der Waals surface area contributed by atoms with Gasteiger partial charge in [0.15, 0.2) is 0 Å². The van der Waals surface area contributed by atoms with Crippen LogP contribution in [0.3, 0.4) is 0 Å². The third kappa shape index (κ3) is 5.90. The highest BCUT2D eigenvalue weighted by molar-refractivity contribution is 6.06. The molecule has 10 rings (SSSR count). The van der Waals surface area contributed by atoms with Gasteiger partial charge in [0.1, 0.15) is 11.2 Å². The number of hydrogen-bond donors (Lipinski definition) is 0. The van der Waals surface area contributed by atoms with Crippen molar-refractivity contribution in [3.05, 3.63) is 212 Å². The molecule has 9 aromatic carbocycles. The second-order valence-corrected chi connectivity index (χ2v) is 13.8. The molecular weight excluding hydrogens is 655 g/mol. The lowest BCUT2D eigenvalue weighted by molar-refractivity contribution is 0.669. The summed E-state index contributed by atoms with van der Waals surface area (Å²) in [6, 6.07) is 76.0. The first-order valence-corrected chi connectivity index (χ1v) is 18.4. The van der Waals surface area contributed by atoms with Crippen LogP contribution in [0.1, 0.15) is 0 Å². The monoisotopic (exact) mass is 689 g/mol. The third-order valence-corrected chi connectivity index (χ3v) is 10.5. The minimum Gasteiger partial charge on any atom is -0.456 e. The average Bonchev–Trinajstić information content (AvgIpc) is 3.63. The van der Waals surface area contributed by atoms with E-state index in [0.717, 1.165) is 50.1 Å². The summed E-state index contributed by atoms with van der Waals surface area (Å²) < 4.78 is 6.11. The second kappa shape index (κ2) is 13.4. The Labute approximate surface area is 314 Å². The van der Waals surface area contributed by atoms with Crippen LogP contribution in [-0.2, 0) is 0 Å². The molecule has 0 aliphatic rings. The molecule has 254 valence electrons. The van der Waals surface area contributed by atoms with E-state index in [1.807, 2.05) is 12.1 Å². The molecule has 1 heterocycles. The van der Waals surface area contributed by atoms with Gasteiger partial charge in [0.05, 0.1) is 0 Å². The highest BCUT2D eigenvalue weighted by Gasteiger charge is 2.15. The molecule has 0 saturated carbocycles. The maximum absolute atomic E-state index is 6.11. The summed E-state index contributed by atoms with van der Waals surface area (Å²) in [5.41, 5.74) is 14.6. The number of fused-ring (bicyclic) bond motifs is 4. The number of hydrogen-bond acceptors (Lipinski definition) is 2. The van der Waals surface area contributed by atoms with Crippen LogP contribution < -0.4 is 4.90 Å². The van der Waals surface area contributed by atoms with Gasteiger partial charge in [0, 0.05) is 27.8 Å². The molecule has 1 aromatic heterocycles. The van der Waals surface area contributed by atoms with E-state index in [1.165, 1.54) is 44.2 Å². The highest BCUT2D eigenvalue weighted by Crippen LogP contribution is 2.40. The van der Waals surface area contributed by atoms with Gasteiger partial charge in [0.25, 0.3) is 0 Å². The predicted molar refractivity (Wildman–Crippen MR) is 228 cm³/mol. The van der Waals surface area contributed by atoms with Crippen LogP contribution >= 0.6 is 0 Å².